The maximum atomic E-state index is 4.80. The maximum absolute atomic E-state index is 4.80. The third-order valence-electron chi connectivity index (χ3n) is 5.18. The largest absolute Gasteiger partial charge is 0.357 e. The van der Waals surface area contributed by atoms with E-state index in [2.05, 4.69) is 56.8 Å². The van der Waals surface area contributed by atoms with E-state index in [4.69, 9.17) is 4.99 Å². The van der Waals surface area contributed by atoms with E-state index in [0.29, 0.717) is 13.1 Å². The molecule has 1 aromatic heterocycles. The molecule has 7 heteroatoms. The van der Waals surface area contributed by atoms with E-state index < -0.39 is 0 Å². The fraction of sp³-hybridized carbons (Fsp3) is 0.571. The second-order valence-electron chi connectivity index (χ2n) is 7.31. The van der Waals surface area contributed by atoms with Crippen LogP contribution in [0.4, 0.5) is 0 Å². The van der Waals surface area contributed by atoms with Gasteiger partial charge in [-0.15, -0.1) is 0 Å². The van der Waals surface area contributed by atoms with Gasteiger partial charge in [-0.3, -0.25) is 9.58 Å². The van der Waals surface area contributed by atoms with Crippen LogP contribution in [0.2, 0.25) is 0 Å². The van der Waals surface area contributed by atoms with Crippen LogP contribution in [-0.4, -0.2) is 45.3 Å². The Morgan fingerprint density at radius 2 is 1.82 bits per heavy atom. The number of aromatic nitrogens is 3. The Morgan fingerprint density at radius 1 is 1.07 bits per heavy atom. The molecule has 3 rings (SSSR count). The lowest BCUT2D eigenvalue weighted by molar-refractivity contribution is 0.276. The summed E-state index contributed by atoms with van der Waals surface area (Å²) in [6.07, 6.45) is 6.94. The quantitative estimate of drug-likeness (QED) is 0.568. The van der Waals surface area contributed by atoms with Crippen LogP contribution in [0.3, 0.4) is 0 Å². The van der Waals surface area contributed by atoms with Crippen molar-refractivity contribution in [1.82, 2.24) is 30.3 Å². The number of aliphatic imine (C=N–C) groups is 1. The summed E-state index contributed by atoms with van der Waals surface area (Å²) in [4.78, 5) is 11.6. The first-order valence-electron chi connectivity index (χ1n) is 10.4. The summed E-state index contributed by atoms with van der Waals surface area (Å²) in [5.41, 5.74) is 2.68. The number of hydrogen-bond acceptors (Lipinski definition) is 4. The highest BCUT2D eigenvalue weighted by Crippen LogP contribution is 2.16. The van der Waals surface area contributed by atoms with Crippen molar-refractivity contribution < 1.29 is 0 Å². The summed E-state index contributed by atoms with van der Waals surface area (Å²) in [5.74, 6) is 1.68. The van der Waals surface area contributed by atoms with Gasteiger partial charge in [-0.1, -0.05) is 37.1 Å². The standard InChI is InChI=1S/C21H33N7/c1-3-22-21(24-15-20-25-17-26-27(20)2)23-14-18-10-6-7-11-19(18)16-28-12-8-4-5-9-13-28/h6-7,10-11,17H,3-5,8-9,12-16H2,1-2H3,(H2,22,23,24). The molecule has 2 aromatic rings. The number of nitrogens with one attached hydrogen (secondary N) is 2. The van der Waals surface area contributed by atoms with E-state index in [9.17, 15) is 0 Å². The molecule has 7 nitrogen and oxygen atoms in total. The van der Waals surface area contributed by atoms with Crippen molar-refractivity contribution in [2.45, 2.75) is 52.2 Å². The molecule has 28 heavy (non-hydrogen) atoms. The lowest BCUT2D eigenvalue weighted by Gasteiger charge is -2.21. The summed E-state index contributed by atoms with van der Waals surface area (Å²) in [6.45, 7) is 7.59. The molecule has 0 unspecified atom stereocenters. The average molecular weight is 384 g/mol. The smallest absolute Gasteiger partial charge is 0.191 e. The molecule has 0 atom stereocenters. The summed E-state index contributed by atoms with van der Waals surface area (Å²) in [5, 5.41) is 10.8. The van der Waals surface area contributed by atoms with Gasteiger partial charge in [0.2, 0.25) is 0 Å². The van der Waals surface area contributed by atoms with Gasteiger partial charge >= 0.3 is 0 Å². The van der Waals surface area contributed by atoms with Crippen molar-refractivity contribution in [3.63, 3.8) is 0 Å². The van der Waals surface area contributed by atoms with Crippen LogP contribution in [0.15, 0.2) is 35.6 Å². The molecule has 0 aliphatic carbocycles. The topological polar surface area (TPSA) is 70.4 Å². The highest BCUT2D eigenvalue weighted by Gasteiger charge is 2.11. The van der Waals surface area contributed by atoms with Crippen molar-refractivity contribution >= 4 is 5.96 Å². The summed E-state index contributed by atoms with van der Waals surface area (Å²) < 4.78 is 1.77. The molecule has 0 radical (unpaired) electrons. The Labute approximate surface area is 168 Å². The molecule has 1 fully saturated rings. The maximum Gasteiger partial charge on any atom is 0.191 e. The van der Waals surface area contributed by atoms with E-state index in [1.54, 1.807) is 11.0 Å². The Balaban J connectivity index is 1.63. The minimum Gasteiger partial charge on any atom is -0.357 e. The van der Waals surface area contributed by atoms with E-state index in [0.717, 1.165) is 24.9 Å². The minimum absolute atomic E-state index is 0.595. The summed E-state index contributed by atoms with van der Waals surface area (Å²) in [7, 11) is 1.90. The predicted molar refractivity (Wildman–Crippen MR) is 113 cm³/mol. The first-order valence-corrected chi connectivity index (χ1v) is 10.4. The predicted octanol–water partition coefficient (Wildman–Crippen LogP) is 2.45. The molecule has 0 saturated carbocycles. The third kappa shape index (κ3) is 6.05. The van der Waals surface area contributed by atoms with Crippen molar-refractivity contribution in [3.8, 4) is 0 Å². The van der Waals surface area contributed by atoms with Crippen LogP contribution >= 0.6 is 0 Å². The first-order chi connectivity index (χ1) is 13.8. The number of benzene rings is 1. The second-order valence-corrected chi connectivity index (χ2v) is 7.31. The fourth-order valence-corrected chi connectivity index (χ4v) is 3.55. The van der Waals surface area contributed by atoms with Crippen LogP contribution in [0.5, 0.6) is 0 Å². The fourth-order valence-electron chi connectivity index (χ4n) is 3.55. The zero-order chi connectivity index (χ0) is 19.6. The second kappa shape index (κ2) is 10.8. The van der Waals surface area contributed by atoms with Crippen molar-refractivity contribution in [3.05, 3.63) is 47.5 Å². The Kier molecular flexibility index (Phi) is 7.84. The molecular formula is C21H33N7. The van der Waals surface area contributed by atoms with E-state index >= 15 is 0 Å². The SMILES string of the molecule is CCNC(=NCc1ccccc1CN1CCCCCC1)NCc1ncnn1C. The summed E-state index contributed by atoms with van der Waals surface area (Å²) in [6, 6.07) is 8.69. The molecule has 2 heterocycles. The molecule has 1 aromatic carbocycles. The van der Waals surface area contributed by atoms with Gasteiger partial charge in [0.1, 0.15) is 12.2 Å². The monoisotopic (exact) mass is 383 g/mol. The van der Waals surface area contributed by atoms with Crippen molar-refractivity contribution in [1.29, 1.82) is 0 Å². The average Bonchev–Trinajstić information content (AvgIpc) is 2.95. The van der Waals surface area contributed by atoms with Gasteiger partial charge in [-0.05, 0) is 44.0 Å². The molecule has 0 bridgehead atoms. The molecule has 0 spiro atoms. The Morgan fingerprint density at radius 3 is 2.50 bits per heavy atom. The zero-order valence-electron chi connectivity index (χ0n) is 17.2. The molecule has 1 saturated heterocycles. The van der Waals surface area contributed by atoms with E-state index in [1.807, 2.05) is 7.05 Å². The van der Waals surface area contributed by atoms with Crippen LogP contribution < -0.4 is 10.6 Å². The Hall–Kier alpha value is -2.41. The number of hydrogen-bond donors (Lipinski definition) is 2. The van der Waals surface area contributed by atoms with E-state index in [-0.39, 0.29) is 0 Å². The van der Waals surface area contributed by atoms with Gasteiger partial charge in [0.15, 0.2) is 5.96 Å². The van der Waals surface area contributed by atoms with Crippen LogP contribution in [-0.2, 0) is 26.7 Å². The molecular weight excluding hydrogens is 350 g/mol. The van der Waals surface area contributed by atoms with Gasteiger partial charge in [-0.25, -0.2) is 9.98 Å². The minimum atomic E-state index is 0.595. The Bertz CT molecular complexity index is 745. The molecule has 0 amide bonds. The van der Waals surface area contributed by atoms with E-state index in [1.165, 1.54) is 49.9 Å². The molecule has 1 aliphatic heterocycles. The molecule has 152 valence electrons. The lowest BCUT2D eigenvalue weighted by Crippen LogP contribution is -2.37. The van der Waals surface area contributed by atoms with Gasteiger partial charge in [0, 0.05) is 20.1 Å². The summed E-state index contributed by atoms with van der Waals surface area (Å²) >= 11 is 0. The zero-order valence-corrected chi connectivity index (χ0v) is 17.2. The van der Waals surface area contributed by atoms with Crippen LogP contribution in [0.1, 0.15) is 49.6 Å². The van der Waals surface area contributed by atoms with Gasteiger partial charge in [0.25, 0.3) is 0 Å². The highest BCUT2D eigenvalue weighted by atomic mass is 15.3. The molecule has 2 N–H and O–H groups in total. The number of guanidine groups is 1. The first kappa shape index (κ1) is 20.3. The third-order valence-corrected chi connectivity index (χ3v) is 5.18. The highest BCUT2D eigenvalue weighted by molar-refractivity contribution is 5.79. The van der Waals surface area contributed by atoms with Gasteiger partial charge in [-0.2, -0.15) is 5.10 Å². The molecule has 1 aliphatic rings. The van der Waals surface area contributed by atoms with Crippen molar-refractivity contribution in [2.75, 3.05) is 19.6 Å². The van der Waals surface area contributed by atoms with Crippen molar-refractivity contribution in [2.24, 2.45) is 12.0 Å². The number of likely N-dealkylation sites (tertiary alicyclic amines) is 1. The number of aryl methyl sites for hydroxylation is 1. The number of nitrogens with zero attached hydrogens (tertiary/aromatic N) is 5. The van der Waals surface area contributed by atoms with Gasteiger partial charge in [0.05, 0.1) is 13.1 Å². The normalized spacial score (nSPS) is 16.0. The lowest BCUT2D eigenvalue weighted by atomic mass is 10.1. The number of rotatable bonds is 7. The van der Waals surface area contributed by atoms with Gasteiger partial charge < -0.3 is 10.6 Å². The van der Waals surface area contributed by atoms with Crippen LogP contribution in [0.25, 0.3) is 0 Å². The van der Waals surface area contributed by atoms with Crippen LogP contribution in [0, 0.1) is 0 Å².